The van der Waals surface area contributed by atoms with Gasteiger partial charge in [0.2, 0.25) is 0 Å². The zero-order valence-corrected chi connectivity index (χ0v) is 10.5. The summed E-state index contributed by atoms with van der Waals surface area (Å²) in [5, 5.41) is 3.50. The molecule has 1 saturated heterocycles. The Hall–Kier alpha value is -0.120. The molecule has 0 aromatic carbocycles. The zero-order chi connectivity index (χ0) is 11.3. The molecule has 3 nitrogen and oxygen atoms in total. The van der Waals surface area contributed by atoms with Crippen molar-refractivity contribution < 1.29 is 9.47 Å². The van der Waals surface area contributed by atoms with Crippen molar-refractivity contribution in [2.24, 2.45) is 0 Å². The average molecular weight is 215 g/mol. The van der Waals surface area contributed by atoms with Crippen LogP contribution in [0.5, 0.6) is 0 Å². The van der Waals surface area contributed by atoms with Crippen molar-refractivity contribution in [1.29, 1.82) is 0 Å². The van der Waals surface area contributed by atoms with E-state index >= 15 is 0 Å². The molecule has 0 amide bonds. The minimum absolute atomic E-state index is 0.0787. The molecule has 2 unspecified atom stereocenters. The van der Waals surface area contributed by atoms with Crippen LogP contribution >= 0.6 is 0 Å². The maximum atomic E-state index is 5.92. The molecule has 0 aromatic heterocycles. The van der Waals surface area contributed by atoms with Crippen LogP contribution in [-0.2, 0) is 9.47 Å². The van der Waals surface area contributed by atoms with E-state index in [1.165, 1.54) is 12.8 Å². The summed E-state index contributed by atoms with van der Waals surface area (Å²) in [6.45, 7) is 8.24. The summed E-state index contributed by atoms with van der Waals surface area (Å²) < 4.78 is 11.1. The van der Waals surface area contributed by atoms with Gasteiger partial charge in [0.1, 0.15) is 0 Å². The number of nitrogens with one attached hydrogen (secondary N) is 1. The lowest BCUT2D eigenvalue weighted by Crippen LogP contribution is -2.38. The van der Waals surface area contributed by atoms with E-state index in [0.717, 1.165) is 19.6 Å². The Morgan fingerprint density at radius 2 is 2.27 bits per heavy atom. The van der Waals surface area contributed by atoms with Gasteiger partial charge in [0, 0.05) is 19.7 Å². The Morgan fingerprint density at radius 1 is 1.53 bits per heavy atom. The molecular weight excluding hydrogens is 190 g/mol. The second-order valence-corrected chi connectivity index (χ2v) is 5.01. The predicted octanol–water partition coefficient (Wildman–Crippen LogP) is 1.96. The van der Waals surface area contributed by atoms with E-state index in [2.05, 4.69) is 26.1 Å². The van der Waals surface area contributed by atoms with E-state index in [-0.39, 0.29) is 5.60 Å². The van der Waals surface area contributed by atoms with E-state index in [9.17, 15) is 0 Å². The van der Waals surface area contributed by atoms with Crippen molar-refractivity contribution in [3.8, 4) is 0 Å². The molecule has 15 heavy (non-hydrogen) atoms. The molecule has 3 heteroatoms. The first-order valence-electron chi connectivity index (χ1n) is 5.97. The first-order valence-corrected chi connectivity index (χ1v) is 5.97. The van der Waals surface area contributed by atoms with Gasteiger partial charge in [0.15, 0.2) is 0 Å². The molecule has 0 aromatic rings. The third-order valence-electron chi connectivity index (χ3n) is 3.05. The van der Waals surface area contributed by atoms with E-state index in [4.69, 9.17) is 9.47 Å². The highest BCUT2D eigenvalue weighted by Gasteiger charge is 2.31. The number of methoxy groups -OCH3 is 1. The maximum absolute atomic E-state index is 5.92. The van der Waals surface area contributed by atoms with Gasteiger partial charge < -0.3 is 14.8 Å². The van der Waals surface area contributed by atoms with Gasteiger partial charge in [0.05, 0.1) is 18.3 Å². The third kappa shape index (κ3) is 4.49. The lowest BCUT2D eigenvalue weighted by molar-refractivity contribution is -0.0161. The summed E-state index contributed by atoms with van der Waals surface area (Å²) in [7, 11) is 1.75. The summed E-state index contributed by atoms with van der Waals surface area (Å²) in [5.74, 6) is 0. The molecule has 0 bridgehead atoms. The molecule has 1 aliphatic rings. The van der Waals surface area contributed by atoms with Crippen molar-refractivity contribution in [3.05, 3.63) is 0 Å². The summed E-state index contributed by atoms with van der Waals surface area (Å²) >= 11 is 0. The lowest BCUT2D eigenvalue weighted by atomic mass is 10.1. The second-order valence-electron chi connectivity index (χ2n) is 5.01. The molecular formula is C12H25NO2. The molecule has 0 saturated carbocycles. The fourth-order valence-electron chi connectivity index (χ4n) is 2.04. The van der Waals surface area contributed by atoms with Crippen LogP contribution in [0.1, 0.15) is 40.0 Å². The summed E-state index contributed by atoms with van der Waals surface area (Å²) in [4.78, 5) is 0. The lowest BCUT2D eigenvalue weighted by Gasteiger charge is -2.22. The van der Waals surface area contributed by atoms with Crippen molar-refractivity contribution in [3.63, 3.8) is 0 Å². The highest BCUT2D eigenvalue weighted by atomic mass is 16.5. The SMILES string of the molecule is CCC(COC)NCC1CCC(C)(C)O1. The van der Waals surface area contributed by atoms with Crippen LogP contribution in [-0.4, -0.2) is 38.0 Å². The molecule has 1 heterocycles. The van der Waals surface area contributed by atoms with Crippen LogP contribution in [0.15, 0.2) is 0 Å². The molecule has 1 N–H and O–H groups in total. The first kappa shape index (κ1) is 12.9. The van der Waals surface area contributed by atoms with Crippen LogP contribution in [0.25, 0.3) is 0 Å². The predicted molar refractivity (Wildman–Crippen MR) is 62.1 cm³/mol. The molecule has 1 rings (SSSR count). The maximum Gasteiger partial charge on any atom is 0.0707 e. The Kier molecular flexibility index (Phi) is 5.03. The van der Waals surface area contributed by atoms with E-state index < -0.39 is 0 Å². The van der Waals surface area contributed by atoms with Gasteiger partial charge in [-0.05, 0) is 33.1 Å². The van der Waals surface area contributed by atoms with Gasteiger partial charge >= 0.3 is 0 Å². The minimum Gasteiger partial charge on any atom is -0.383 e. The van der Waals surface area contributed by atoms with E-state index in [0.29, 0.717) is 12.1 Å². The number of rotatable bonds is 6. The zero-order valence-electron chi connectivity index (χ0n) is 10.5. The summed E-state index contributed by atoms with van der Waals surface area (Å²) in [5.41, 5.74) is 0.0787. The van der Waals surface area contributed by atoms with Crippen molar-refractivity contribution in [2.75, 3.05) is 20.3 Å². The molecule has 0 aliphatic carbocycles. The highest BCUT2D eigenvalue weighted by Crippen LogP contribution is 2.28. The number of ether oxygens (including phenoxy) is 2. The normalized spacial score (nSPS) is 26.8. The van der Waals surface area contributed by atoms with E-state index in [1.807, 2.05) is 0 Å². The fourth-order valence-corrected chi connectivity index (χ4v) is 2.04. The largest absolute Gasteiger partial charge is 0.383 e. The highest BCUT2D eigenvalue weighted by molar-refractivity contribution is 4.82. The molecule has 1 fully saturated rings. The molecule has 90 valence electrons. The van der Waals surface area contributed by atoms with Gasteiger partial charge in [-0.15, -0.1) is 0 Å². The van der Waals surface area contributed by atoms with E-state index in [1.54, 1.807) is 7.11 Å². The Morgan fingerprint density at radius 3 is 2.73 bits per heavy atom. The smallest absolute Gasteiger partial charge is 0.0707 e. The Bertz CT molecular complexity index is 182. The molecule has 0 radical (unpaired) electrons. The van der Waals surface area contributed by atoms with Gasteiger partial charge in [-0.3, -0.25) is 0 Å². The van der Waals surface area contributed by atoms with Crippen LogP contribution in [0.2, 0.25) is 0 Å². The second kappa shape index (κ2) is 5.83. The average Bonchev–Trinajstić information content (AvgIpc) is 2.53. The van der Waals surface area contributed by atoms with Gasteiger partial charge in [-0.25, -0.2) is 0 Å². The summed E-state index contributed by atoms with van der Waals surface area (Å²) in [6.07, 6.45) is 3.82. The topological polar surface area (TPSA) is 30.5 Å². The number of hydrogen-bond donors (Lipinski definition) is 1. The Balaban J connectivity index is 2.19. The van der Waals surface area contributed by atoms with Crippen LogP contribution in [0.4, 0.5) is 0 Å². The standard InChI is InChI=1S/C12H25NO2/c1-5-10(9-14-4)13-8-11-6-7-12(2,3)15-11/h10-11,13H,5-9H2,1-4H3. The third-order valence-corrected chi connectivity index (χ3v) is 3.05. The summed E-state index contributed by atoms with van der Waals surface area (Å²) in [6, 6.07) is 0.460. The molecule has 2 atom stereocenters. The fraction of sp³-hybridized carbons (Fsp3) is 1.00. The van der Waals surface area contributed by atoms with Gasteiger partial charge in [-0.1, -0.05) is 6.92 Å². The van der Waals surface area contributed by atoms with Crippen molar-refractivity contribution >= 4 is 0 Å². The molecule has 1 aliphatic heterocycles. The Labute approximate surface area is 93.5 Å². The van der Waals surface area contributed by atoms with Gasteiger partial charge in [-0.2, -0.15) is 0 Å². The quantitative estimate of drug-likeness (QED) is 0.734. The van der Waals surface area contributed by atoms with Gasteiger partial charge in [0.25, 0.3) is 0 Å². The molecule has 0 spiro atoms. The van der Waals surface area contributed by atoms with Crippen molar-refractivity contribution in [2.45, 2.75) is 57.8 Å². The monoisotopic (exact) mass is 215 g/mol. The van der Waals surface area contributed by atoms with Crippen LogP contribution < -0.4 is 5.32 Å². The van der Waals surface area contributed by atoms with Crippen LogP contribution in [0, 0.1) is 0 Å². The van der Waals surface area contributed by atoms with Crippen LogP contribution in [0.3, 0.4) is 0 Å². The van der Waals surface area contributed by atoms with Crippen molar-refractivity contribution in [1.82, 2.24) is 5.32 Å². The minimum atomic E-state index is 0.0787. The number of hydrogen-bond acceptors (Lipinski definition) is 3. The first-order chi connectivity index (χ1) is 7.07.